The fourth-order valence-electron chi connectivity index (χ4n) is 6.59. The van der Waals surface area contributed by atoms with Gasteiger partial charge in [-0.15, -0.1) is 0 Å². The number of aryl methyl sites for hydroxylation is 1. The van der Waals surface area contributed by atoms with Crippen LogP contribution in [0.5, 0.6) is 23.0 Å². The van der Waals surface area contributed by atoms with Gasteiger partial charge in [0.15, 0.2) is 11.5 Å². The predicted octanol–water partition coefficient (Wildman–Crippen LogP) is 7.30. The van der Waals surface area contributed by atoms with Gasteiger partial charge in [0.05, 0.1) is 18.2 Å². The van der Waals surface area contributed by atoms with Crippen LogP contribution in [0.4, 0.5) is 0 Å². The number of phenolic OH excluding ortho intramolecular Hbond substituents is 1. The van der Waals surface area contributed by atoms with Crippen molar-refractivity contribution >= 4 is 56.4 Å². The summed E-state index contributed by atoms with van der Waals surface area (Å²) in [5.74, 6) is -5.28. The van der Waals surface area contributed by atoms with Gasteiger partial charge in [-0.2, -0.15) is 0 Å². The van der Waals surface area contributed by atoms with Crippen LogP contribution in [-0.4, -0.2) is 57.7 Å². The second kappa shape index (κ2) is 14.6. The van der Waals surface area contributed by atoms with E-state index >= 15 is 0 Å². The van der Waals surface area contributed by atoms with Crippen LogP contribution in [0, 0.1) is 48.5 Å². The lowest BCUT2D eigenvalue weighted by Gasteiger charge is -2.30. The van der Waals surface area contributed by atoms with Gasteiger partial charge in [-0.25, -0.2) is 19.2 Å². The summed E-state index contributed by atoms with van der Waals surface area (Å²) in [5, 5.41) is 33.1. The van der Waals surface area contributed by atoms with Gasteiger partial charge in [0.1, 0.15) is 33.0 Å². The number of aromatic hydroxyl groups is 1. The fourth-order valence-corrected chi connectivity index (χ4v) is 7.16. The Balaban J connectivity index is 1.50. The number of ether oxygens (including phenoxy) is 4. The van der Waals surface area contributed by atoms with Crippen molar-refractivity contribution in [3.63, 3.8) is 0 Å². The predicted molar refractivity (Wildman–Crippen MR) is 201 cm³/mol. The zero-order valence-corrected chi connectivity index (χ0v) is 32.5. The number of hydrogen-bond donors (Lipinski definition) is 3. The number of carbonyl (C=O) groups excluding carboxylic acids is 4. The Labute approximate surface area is 318 Å². The average molecular weight is 802 g/mol. The molecule has 0 saturated carbocycles. The lowest BCUT2D eigenvalue weighted by Crippen LogP contribution is -2.47. The van der Waals surface area contributed by atoms with Crippen molar-refractivity contribution in [1.29, 1.82) is 0 Å². The average Bonchev–Trinajstić information content (AvgIpc) is 3.11. The largest absolute Gasteiger partial charge is 0.506 e. The lowest BCUT2D eigenvalue weighted by atomic mass is 9.87. The number of aromatic carboxylic acids is 1. The molecule has 280 valence electrons. The van der Waals surface area contributed by atoms with Crippen LogP contribution < -0.4 is 14.2 Å². The number of carbonyl (C=O) groups is 5. The summed E-state index contributed by atoms with van der Waals surface area (Å²) in [7, 11) is 1.19. The number of aliphatic hydroxyl groups is 1. The summed E-state index contributed by atoms with van der Waals surface area (Å²) >= 11 is 3.22. The fraction of sp³-hybridized carbons (Fsp3) is 0.244. The quantitative estimate of drug-likeness (QED) is 0.120. The molecule has 4 aromatic rings. The molecule has 0 fully saturated rings. The van der Waals surface area contributed by atoms with Gasteiger partial charge >= 0.3 is 23.9 Å². The lowest BCUT2D eigenvalue weighted by molar-refractivity contribution is -0.151. The Kier molecular flexibility index (Phi) is 10.6. The number of esters is 3. The monoisotopic (exact) mass is 800 g/mol. The molecular weight excluding hydrogens is 764 g/mol. The standard InChI is InChI=1S/C41H37BrO12/c1-17-14-28(26-12-10-11-13-27(26)30(17)38(47)53-35-22(6)19(3)31(37(45)46)20(4)23(35)7)52-39(48)32-21(5)24(8)36(33(42)34(32)44)54-40(49)41(50)18(2)15-25(43)16-29(41)51-9/h10-16,44,50H,1-9H3,(H,45,46)/t41-/m1/s1. The van der Waals surface area contributed by atoms with E-state index in [1.807, 2.05) is 0 Å². The Morgan fingerprint density at radius 2 is 1.24 bits per heavy atom. The second-order valence-electron chi connectivity index (χ2n) is 13.1. The highest BCUT2D eigenvalue weighted by atomic mass is 79.9. The first-order chi connectivity index (χ1) is 25.3. The van der Waals surface area contributed by atoms with E-state index in [1.54, 1.807) is 58.9 Å². The number of halogens is 1. The summed E-state index contributed by atoms with van der Waals surface area (Å²) in [5.41, 5.74) is 0.447. The molecule has 0 saturated heterocycles. The minimum atomic E-state index is -2.44. The number of carboxylic acids is 1. The smallest absolute Gasteiger partial charge is 0.356 e. The first kappa shape index (κ1) is 39.4. The summed E-state index contributed by atoms with van der Waals surface area (Å²) < 4.78 is 22.3. The maximum Gasteiger partial charge on any atom is 0.356 e. The third kappa shape index (κ3) is 6.43. The van der Waals surface area contributed by atoms with E-state index in [2.05, 4.69) is 15.9 Å². The van der Waals surface area contributed by atoms with E-state index in [9.17, 15) is 39.3 Å². The maximum atomic E-state index is 13.8. The molecule has 13 heteroatoms. The molecule has 0 bridgehead atoms. The summed E-state index contributed by atoms with van der Waals surface area (Å²) in [4.78, 5) is 65.0. The number of phenols is 1. The number of benzene rings is 4. The third-order valence-corrected chi connectivity index (χ3v) is 10.7. The van der Waals surface area contributed by atoms with E-state index in [0.717, 1.165) is 12.2 Å². The van der Waals surface area contributed by atoms with Crippen molar-refractivity contribution in [2.75, 3.05) is 7.11 Å². The van der Waals surface area contributed by atoms with E-state index in [-0.39, 0.29) is 60.9 Å². The van der Waals surface area contributed by atoms with Gasteiger partial charge in [0, 0.05) is 16.8 Å². The van der Waals surface area contributed by atoms with Gasteiger partial charge < -0.3 is 34.3 Å². The van der Waals surface area contributed by atoms with Gasteiger partial charge in [-0.1, -0.05) is 24.3 Å². The van der Waals surface area contributed by atoms with E-state index in [1.165, 1.54) is 33.9 Å². The van der Waals surface area contributed by atoms with Crippen molar-refractivity contribution in [3.05, 3.63) is 114 Å². The Hall–Kier alpha value is -5.79. The van der Waals surface area contributed by atoms with Crippen LogP contribution in [0.3, 0.4) is 0 Å². The molecule has 1 aliphatic rings. The molecule has 0 heterocycles. The minimum Gasteiger partial charge on any atom is -0.506 e. The summed E-state index contributed by atoms with van der Waals surface area (Å²) in [6, 6.07) is 8.22. The molecule has 0 aliphatic heterocycles. The normalized spacial score (nSPS) is 15.4. The first-order valence-corrected chi connectivity index (χ1v) is 17.3. The molecule has 1 atom stereocenters. The number of rotatable bonds is 8. The Morgan fingerprint density at radius 3 is 1.81 bits per heavy atom. The van der Waals surface area contributed by atoms with E-state index in [4.69, 9.17) is 18.9 Å². The highest BCUT2D eigenvalue weighted by molar-refractivity contribution is 9.10. The van der Waals surface area contributed by atoms with Crippen LogP contribution in [0.2, 0.25) is 0 Å². The molecule has 0 spiro atoms. The number of fused-ring (bicyclic) bond motifs is 1. The molecule has 0 aromatic heterocycles. The second-order valence-corrected chi connectivity index (χ2v) is 13.9. The number of methoxy groups -OCH3 is 1. The summed E-state index contributed by atoms with van der Waals surface area (Å²) in [6.07, 6.45) is 2.03. The molecular formula is C41H37BrO12. The number of ketones is 1. The molecule has 4 aromatic carbocycles. The molecule has 12 nitrogen and oxygen atoms in total. The van der Waals surface area contributed by atoms with Gasteiger partial charge in [0.25, 0.3) is 0 Å². The molecule has 5 rings (SSSR count). The number of allylic oxidation sites excluding steroid dienone is 2. The summed E-state index contributed by atoms with van der Waals surface area (Å²) in [6.45, 7) is 12.7. The van der Waals surface area contributed by atoms with E-state index in [0.29, 0.717) is 38.6 Å². The van der Waals surface area contributed by atoms with Crippen molar-refractivity contribution in [2.45, 2.75) is 61.0 Å². The van der Waals surface area contributed by atoms with Crippen molar-refractivity contribution in [1.82, 2.24) is 0 Å². The van der Waals surface area contributed by atoms with Crippen LogP contribution >= 0.6 is 15.9 Å². The van der Waals surface area contributed by atoms with Gasteiger partial charge in [0.2, 0.25) is 5.60 Å². The van der Waals surface area contributed by atoms with Crippen molar-refractivity contribution in [2.24, 2.45) is 0 Å². The Morgan fingerprint density at radius 1 is 0.704 bits per heavy atom. The van der Waals surface area contributed by atoms with Crippen LogP contribution in [0.15, 0.2) is 58.3 Å². The highest BCUT2D eigenvalue weighted by Crippen LogP contribution is 2.44. The number of carboxylic acid groups (broad SMARTS) is 1. The van der Waals surface area contributed by atoms with Gasteiger partial charge in [-0.05, 0) is 128 Å². The third-order valence-electron chi connectivity index (χ3n) is 9.97. The SMILES string of the molecule is COC1=CC(=O)C=C(C)[C@]1(O)C(=O)Oc1c(C)c(C)c(C(=O)Oc2cc(C)c(C(=O)Oc3c(C)c(C)c(C(=O)O)c(C)c3C)c3ccccc23)c(O)c1Br. The van der Waals surface area contributed by atoms with Crippen LogP contribution in [0.25, 0.3) is 10.8 Å². The zero-order chi connectivity index (χ0) is 40.1. The van der Waals surface area contributed by atoms with Crippen molar-refractivity contribution < 1.29 is 58.2 Å². The molecule has 3 N–H and O–H groups in total. The Bertz CT molecular complexity index is 2360. The van der Waals surface area contributed by atoms with Crippen LogP contribution in [-0.2, 0) is 14.3 Å². The van der Waals surface area contributed by atoms with Crippen molar-refractivity contribution in [3.8, 4) is 23.0 Å². The van der Waals surface area contributed by atoms with Gasteiger partial charge in [-0.3, -0.25) is 4.79 Å². The molecule has 54 heavy (non-hydrogen) atoms. The molecule has 0 radical (unpaired) electrons. The molecule has 1 aliphatic carbocycles. The molecule has 0 unspecified atom stereocenters. The first-order valence-electron chi connectivity index (χ1n) is 16.5. The minimum absolute atomic E-state index is 0.0432. The topological polar surface area (TPSA) is 183 Å². The van der Waals surface area contributed by atoms with Crippen LogP contribution in [0.1, 0.15) is 76.9 Å². The van der Waals surface area contributed by atoms with E-state index < -0.39 is 41.0 Å². The molecule has 0 amide bonds. The number of hydrogen-bond acceptors (Lipinski definition) is 11. The maximum absolute atomic E-state index is 13.8. The highest BCUT2D eigenvalue weighted by Gasteiger charge is 2.48. The zero-order valence-electron chi connectivity index (χ0n) is 30.9.